The maximum absolute atomic E-state index is 12.3. The lowest BCUT2D eigenvalue weighted by Crippen LogP contribution is -2.08. The van der Waals surface area contributed by atoms with Crippen molar-refractivity contribution in [1.82, 2.24) is 10.2 Å². The van der Waals surface area contributed by atoms with Gasteiger partial charge in [0.1, 0.15) is 5.75 Å². The number of sulfone groups is 1. The molecule has 0 atom stereocenters. The number of thioether (sulfide) groups is 1. The molecule has 6 nitrogen and oxygen atoms in total. The van der Waals surface area contributed by atoms with E-state index in [9.17, 15) is 8.42 Å². The first-order chi connectivity index (χ1) is 12.6. The van der Waals surface area contributed by atoms with Gasteiger partial charge in [-0.2, -0.15) is 0 Å². The largest absolute Gasteiger partial charge is 0.493 e. The molecule has 0 saturated carbocycles. The van der Waals surface area contributed by atoms with Crippen LogP contribution in [0, 0.1) is 0 Å². The number of ether oxygens (including phenoxy) is 1. The van der Waals surface area contributed by atoms with Gasteiger partial charge in [0, 0.05) is 5.75 Å². The summed E-state index contributed by atoms with van der Waals surface area (Å²) in [4.78, 5) is 0.317. The number of aromatic nitrogens is 2. The van der Waals surface area contributed by atoms with Crippen LogP contribution in [0.4, 0.5) is 0 Å². The number of benzene rings is 2. The molecule has 8 heteroatoms. The smallest absolute Gasteiger partial charge is 0.276 e. The highest BCUT2D eigenvalue weighted by atomic mass is 32.2. The predicted molar refractivity (Wildman–Crippen MR) is 100 cm³/mol. The van der Waals surface area contributed by atoms with Gasteiger partial charge in [-0.05, 0) is 31.2 Å². The van der Waals surface area contributed by atoms with Gasteiger partial charge in [-0.25, -0.2) is 8.42 Å². The third kappa shape index (κ3) is 4.44. The Labute approximate surface area is 156 Å². The Morgan fingerprint density at radius 2 is 1.77 bits per heavy atom. The minimum atomic E-state index is -3.32. The maximum atomic E-state index is 12.3. The van der Waals surface area contributed by atoms with Crippen molar-refractivity contribution >= 4 is 21.6 Å². The van der Waals surface area contributed by atoms with Gasteiger partial charge in [-0.3, -0.25) is 0 Å². The molecule has 0 aliphatic carbocycles. The SMILES string of the molecule is CCOc1ccccc1-c1nnc(SCCS(=O)(=O)c2ccccc2)o1. The molecular weight excluding hydrogens is 372 g/mol. The second kappa shape index (κ2) is 8.37. The lowest BCUT2D eigenvalue weighted by molar-refractivity contribution is 0.340. The molecular formula is C18H18N2O4S2. The summed E-state index contributed by atoms with van der Waals surface area (Å²) in [5.74, 6) is 1.34. The van der Waals surface area contributed by atoms with Crippen LogP contribution in [0.15, 0.2) is 69.1 Å². The number of rotatable bonds is 8. The molecule has 0 aliphatic heterocycles. The van der Waals surface area contributed by atoms with Crippen molar-refractivity contribution < 1.29 is 17.6 Å². The Hall–Kier alpha value is -2.32. The van der Waals surface area contributed by atoms with E-state index >= 15 is 0 Å². The van der Waals surface area contributed by atoms with Crippen molar-refractivity contribution in [3.8, 4) is 17.2 Å². The Balaban J connectivity index is 1.65. The summed E-state index contributed by atoms with van der Waals surface area (Å²) in [6.07, 6.45) is 0. The van der Waals surface area contributed by atoms with Gasteiger partial charge in [0.15, 0.2) is 9.84 Å². The molecule has 1 aromatic heterocycles. The molecule has 3 aromatic rings. The molecule has 0 unspecified atom stereocenters. The number of hydrogen-bond acceptors (Lipinski definition) is 7. The van der Waals surface area contributed by atoms with Crippen LogP contribution in [0.1, 0.15) is 6.92 Å². The van der Waals surface area contributed by atoms with Crippen molar-refractivity contribution in [1.29, 1.82) is 0 Å². The summed E-state index contributed by atoms with van der Waals surface area (Å²) in [6.45, 7) is 2.43. The van der Waals surface area contributed by atoms with E-state index in [4.69, 9.17) is 9.15 Å². The summed E-state index contributed by atoms with van der Waals surface area (Å²) in [6, 6.07) is 15.8. The fourth-order valence-electron chi connectivity index (χ4n) is 2.29. The Kier molecular flexibility index (Phi) is 5.95. The summed E-state index contributed by atoms with van der Waals surface area (Å²) >= 11 is 1.22. The highest BCUT2D eigenvalue weighted by molar-refractivity contribution is 8.00. The van der Waals surface area contributed by atoms with Crippen LogP contribution >= 0.6 is 11.8 Å². The van der Waals surface area contributed by atoms with Crippen molar-refractivity contribution in [3.63, 3.8) is 0 Å². The number of hydrogen-bond donors (Lipinski definition) is 0. The van der Waals surface area contributed by atoms with E-state index < -0.39 is 9.84 Å². The van der Waals surface area contributed by atoms with Crippen molar-refractivity contribution in [2.45, 2.75) is 17.0 Å². The number of nitrogens with zero attached hydrogens (tertiary/aromatic N) is 2. The average molecular weight is 390 g/mol. The van der Waals surface area contributed by atoms with Crippen molar-refractivity contribution in [2.75, 3.05) is 18.1 Å². The zero-order valence-electron chi connectivity index (χ0n) is 14.2. The van der Waals surface area contributed by atoms with Gasteiger partial charge in [-0.1, -0.05) is 42.1 Å². The third-order valence-electron chi connectivity index (χ3n) is 3.50. The molecule has 0 fully saturated rings. The molecule has 26 heavy (non-hydrogen) atoms. The highest BCUT2D eigenvalue weighted by Crippen LogP contribution is 2.30. The topological polar surface area (TPSA) is 82.3 Å². The molecule has 0 N–H and O–H groups in total. The zero-order chi connectivity index (χ0) is 18.4. The first kappa shape index (κ1) is 18.5. The van der Waals surface area contributed by atoms with E-state index in [0.717, 1.165) is 0 Å². The maximum Gasteiger partial charge on any atom is 0.276 e. The van der Waals surface area contributed by atoms with Crippen molar-refractivity contribution in [2.24, 2.45) is 0 Å². The Morgan fingerprint density at radius 1 is 1.04 bits per heavy atom. The van der Waals surface area contributed by atoms with Gasteiger partial charge < -0.3 is 9.15 Å². The first-order valence-corrected chi connectivity index (χ1v) is 10.7. The van der Waals surface area contributed by atoms with E-state index in [0.29, 0.717) is 39.7 Å². The van der Waals surface area contributed by atoms with Crippen LogP contribution in [0.25, 0.3) is 11.5 Å². The minimum absolute atomic E-state index is 0.00503. The van der Waals surface area contributed by atoms with E-state index in [1.165, 1.54) is 11.8 Å². The lowest BCUT2D eigenvalue weighted by atomic mass is 10.2. The van der Waals surface area contributed by atoms with Crippen molar-refractivity contribution in [3.05, 3.63) is 54.6 Å². The van der Waals surface area contributed by atoms with Crippen LogP contribution in [0.2, 0.25) is 0 Å². The Morgan fingerprint density at radius 3 is 2.54 bits per heavy atom. The normalized spacial score (nSPS) is 11.4. The molecule has 1 heterocycles. The second-order valence-electron chi connectivity index (χ2n) is 5.28. The summed E-state index contributed by atoms with van der Waals surface area (Å²) in [7, 11) is -3.32. The quantitative estimate of drug-likeness (QED) is 0.542. The fraction of sp³-hybridized carbons (Fsp3) is 0.222. The molecule has 0 bridgehead atoms. The summed E-state index contributed by atoms with van der Waals surface area (Å²) < 4.78 is 35.7. The third-order valence-corrected chi connectivity index (χ3v) is 6.31. The van der Waals surface area contributed by atoms with Gasteiger partial charge in [0.05, 0.1) is 22.8 Å². The molecule has 0 saturated heterocycles. The first-order valence-electron chi connectivity index (χ1n) is 8.06. The van der Waals surface area contributed by atoms with E-state index in [1.807, 2.05) is 31.2 Å². The van der Waals surface area contributed by atoms with E-state index in [1.54, 1.807) is 30.3 Å². The van der Waals surface area contributed by atoms with Crippen LogP contribution in [-0.2, 0) is 9.84 Å². The van der Waals surface area contributed by atoms with Gasteiger partial charge in [0.25, 0.3) is 11.1 Å². The molecule has 3 rings (SSSR count). The number of para-hydroxylation sites is 1. The molecule has 0 radical (unpaired) electrons. The average Bonchev–Trinajstić information content (AvgIpc) is 3.12. The second-order valence-corrected chi connectivity index (χ2v) is 8.44. The van der Waals surface area contributed by atoms with E-state index in [2.05, 4.69) is 10.2 Å². The van der Waals surface area contributed by atoms with Gasteiger partial charge in [0.2, 0.25) is 0 Å². The van der Waals surface area contributed by atoms with Crippen LogP contribution < -0.4 is 4.74 Å². The summed E-state index contributed by atoms with van der Waals surface area (Å²) in [5, 5.41) is 8.35. The predicted octanol–water partition coefficient (Wildman–Crippen LogP) is 3.70. The lowest BCUT2D eigenvalue weighted by Gasteiger charge is -2.06. The van der Waals surface area contributed by atoms with E-state index in [-0.39, 0.29) is 5.75 Å². The Bertz CT molecular complexity index is 956. The van der Waals surface area contributed by atoms with Gasteiger partial charge in [-0.15, -0.1) is 10.2 Å². The monoisotopic (exact) mass is 390 g/mol. The summed E-state index contributed by atoms with van der Waals surface area (Å²) in [5.41, 5.74) is 0.714. The minimum Gasteiger partial charge on any atom is -0.493 e. The van der Waals surface area contributed by atoms with Gasteiger partial charge >= 0.3 is 0 Å². The molecule has 2 aromatic carbocycles. The highest BCUT2D eigenvalue weighted by Gasteiger charge is 2.16. The molecule has 0 aliphatic rings. The van der Waals surface area contributed by atoms with Crippen LogP contribution in [-0.4, -0.2) is 36.7 Å². The molecule has 0 amide bonds. The molecule has 0 spiro atoms. The standard InChI is InChI=1S/C18H18N2O4S2/c1-2-23-16-11-7-6-10-15(16)17-19-20-18(24-17)25-12-13-26(21,22)14-8-4-3-5-9-14/h3-11H,2,12-13H2,1H3. The molecule has 136 valence electrons. The fourth-order valence-corrected chi connectivity index (χ4v) is 4.72. The van der Waals surface area contributed by atoms with Crippen LogP contribution in [0.3, 0.4) is 0 Å². The zero-order valence-corrected chi connectivity index (χ0v) is 15.8. The van der Waals surface area contributed by atoms with Crippen LogP contribution in [0.5, 0.6) is 5.75 Å².